The summed E-state index contributed by atoms with van der Waals surface area (Å²) in [6, 6.07) is 22.2. The molecule has 0 amide bonds. The number of fused-ring (bicyclic) bond motifs is 1. The average Bonchev–Trinajstić information content (AvgIpc) is 3.01. The molecule has 1 heteroatoms. The molecule has 2 aromatic rings. The number of hydrogen-bond donors (Lipinski definition) is 0. The summed E-state index contributed by atoms with van der Waals surface area (Å²) in [5.41, 5.74) is 3.38. The van der Waals surface area contributed by atoms with E-state index in [0.29, 0.717) is 5.54 Å². The molecule has 1 nitrogen and oxygen atoms in total. The zero-order chi connectivity index (χ0) is 15.5. The second kappa shape index (κ2) is 6.49. The molecule has 1 saturated heterocycles. The molecule has 0 bridgehead atoms. The van der Waals surface area contributed by atoms with Crippen LogP contribution in [0.15, 0.2) is 60.7 Å². The maximum Gasteiger partial charge on any atom is 0.0281 e. The van der Waals surface area contributed by atoms with E-state index < -0.39 is 0 Å². The Balaban J connectivity index is 1.63. The third-order valence-corrected chi connectivity index (χ3v) is 6.10. The van der Waals surface area contributed by atoms with Gasteiger partial charge in [0.15, 0.2) is 0 Å². The number of benzene rings is 2. The van der Waals surface area contributed by atoms with Crippen molar-refractivity contribution < 1.29 is 0 Å². The minimum Gasteiger partial charge on any atom is -0.293 e. The fourth-order valence-corrected chi connectivity index (χ4v) is 5.04. The maximum absolute atomic E-state index is 2.83. The van der Waals surface area contributed by atoms with Crippen LogP contribution in [0.3, 0.4) is 0 Å². The maximum atomic E-state index is 2.83. The van der Waals surface area contributed by atoms with Crippen LogP contribution >= 0.6 is 0 Å². The summed E-state index contributed by atoms with van der Waals surface area (Å²) in [6.45, 7) is 2.38. The van der Waals surface area contributed by atoms with Gasteiger partial charge in [0.05, 0.1) is 0 Å². The molecule has 1 aliphatic carbocycles. The van der Waals surface area contributed by atoms with Gasteiger partial charge in [-0.2, -0.15) is 0 Å². The zero-order valence-corrected chi connectivity index (χ0v) is 14.0. The standard InChI is InChI=1S/C22H27N/c1-3-9-19(10-4-1)17-22-15-7-13-21(22)14-8-16-23(22)18-20-11-5-2-6-12-20/h1-6,9-12,21H,7-8,13-18H2/t21-,22+/m0/s1. The number of nitrogens with zero attached hydrogens (tertiary/aromatic N) is 1. The molecule has 1 saturated carbocycles. The van der Waals surface area contributed by atoms with Gasteiger partial charge in [-0.05, 0) is 55.7 Å². The Bertz CT molecular complexity index is 621. The van der Waals surface area contributed by atoms with Gasteiger partial charge < -0.3 is 0 Å². The smallest absolute Gasteiger partial charge is 0.0281 e. The van der Waals surface area contributed by atoms with Crippen LogP contribution in [-0.4, -0.2) is 17.0 Å². The zero-order valence-electron chi connectivity index (χ0n) is 14.0. The SMILES string of the molecule is c1ccc(CN2CCC[C@@H]3CCC[C@@]32Cc2ccccc2)cc1. The third kappa shape index (κ3) is 2.95. The molecule has 23 heavy (non-hydrogen) atoms. The number of rotatable bonds is 4. The predicted molar refractivity (Wildman–Crippen MR) is 96.3 cm³/mol. The fourth-order valence-electron chi connectivity index (χ4n) is 5.04. The van der Waals surface area contributed by atoms with Crippen molar-refractivity contribution in [3.8, 4) is 0 Å². The van der Waals surface area contributed by atoms with Crippen molar-refractivity contribution >= 4 is 0 Å². The van der Waals surface area contributed by atoms with Crippen molar-refractivity contribution in [3.63, 3.8) is 0 Å². The van der Waals surface area contributed by atoms with Crippen molar-refractivity contribution in [1.29, 1.82) is 0 Å². The van der Waals surface area contributed by atoms with Gasteiger partial charge in [-0.15, -0.1) is 0 Å². The molecule has 1 aliphatic heterocycles. The van der Waals surface area contributed by atoms with Gasteiger partial charge in [-0.3, -0.25) is 4.90 Å². The van der Waals surface area contributed by atoms with E-state index in [2.05, 4.69) is 65.6 Å². The molecule has 120 valence electrons. The number of hydrogen-bond acceptors (Lipinski definition) is 1. The van der Waals surface area contributed by atoms with E-state index in [4.69, 9.17) is 0 Å². The van der Waals surface area contributed by atoms with Crippen molar-refractivity contribution in [1.82, 2.24) is 4.90 Å². The molecule has 2 aromatic carbocycles. The number of likely N-dealkylation sites (tertiary alicyclic amines) is 1. The largest absolute Gasteiger partial charge is 0.293 e. The van der Waals surface area contributed by atoms with Crippen LogP contribution in [0.4, 0.5) is 0 Å². The molecule has 0 N–H and O–H groups in total. The Morgan fingerprint density at radius 2 is 1.48 bits per heavy atom. The van der Waals surface area contributed by atoms with Gasteiger partial charge in [0.25, 0.3) is 0 Å². The summed E-state index contributed by atoms with van der Waals surface area (Å²) in [4.78, 5) is 2.83. The quantitative estimate of drug-likeness (QED) is 0.763. The van der Waals surface area contributed by atoms with Gasteiger partial charge in [0.1, 0.15) is 0 Å². The van der Waals surface area contributed by atoms with Crippen molar-refractivity contribution in [2.24, 2.45) is 5.92 Å². The summed E-state index contributed by atoms with van der Waals surface area (Å²) in [5, 5.41) is 0. The third-order valence-electron chi connectivity index (χ3n) is 6.10. The monoisotopic (exact) mass is 305 g/mol. The topological polar surface area (TPSA) is 3.24 Å². The Kier molecular flexibility index (Phi) is 4.22. The summed E-state index contributed by atoms with van der Waals surface area (Å²) in [7, 11) is 0. The highest BCUT2D eigenvalue weighted by atomic mass is 15.2. The Morgan fingerprint density at radius 1 is 0.826 bits per heavy atom. The van der Waals surface area contributed by atoms with Gasteiger partial charge in [0.2, 0.25) is 0 Å². The predicted octanol–water partition coefficient (Wildman–Crippen LogP) is 5.06. The summed E-state index contributed by atoms with van der Waals surface area (Å²) in [5.74, 6) is 0.889. The lowest BCUT2D eigenvalue weighted by Gasteiger charge is -2.49. The molecule has 0 radical (unpaired) electrons. The number of piperidine rings is 1. The Hall–Kier alpha value is -1.60. The van der Waals surface area contributed by atoms with Gasteiger partial charge in [-0.25, -0.2) is 0 Å². The Morgan fingerprint density at radius 3 is 2.22 bits per heavy atom. The van der Waals surface area contributed by atoms with E-state index >= 15 is 0 Å². The molecule has 0 spiro atoms. The van der Waals surface area contributed by atoms with E-state index in [-0.39, 0.29) is 0 Å². The Labute approximate surface area is 140 Å². The van der Waals surface area contributed by atoms with E-state index in [1.807, 2.05) is 0 Å². The molecule has 2 atom stereocenters. The van der Waals surface area contributed by atoms with Crippen LogP contribution in [0, 0.1) is 5.92 Å². The first-order valence-electron chi connectivity index (χ1n) is 9.20. The van der Waals surface area contributed by atoms with E-state index in [1.54, 1.807) is 0 Å². The minimum absolute atomic E-state index is 0.398. The first-order chi connectivity index (χ1) is 11.4. The highest BCUT2D eigenvalue weighted by Gasteiger charge is 2.48. The van der Waals surface area contributed by atoms with Gasteiger partial charge in [0, 0.05) is 12.1 Å². The highest BCUT2D eigenvalue weighted by Crippen LogP contribution is 2.48. The van der Waals surface area contributed by atoms with Crippen LogP contribution in [0.25, 0.3) is 0 Å². The van der Waals surface area contributed by atoms with Crippen LogP contribution in [-0.2, 0) is 13.0 Å². The second-order valence-electron chi connectivity index (χ2n) is 7.40. The lowest BCUT2D eigenvalue weighted by Crippen LogP contribution is -2.55. The van der Waals surface area contributed by atoms with Crippen LogP contribution < -0.4 is 0 Å². The van der Waals surface area contributed by atoms with Crippen LogP contribution in [0.2, 0.25) is 0 Å². The summed E-state index contributed by atoms with van der Waals surface area (Å²) >= 11 is 0. The minimum atomic E-state index is 0.398. The molecular formula is C22H27N. The van der Waals surface area contributed by atoms with E-state index in [9.17, 15) is 0 Å². The lowest BCUT2D eigenvalue weighted by atomic mass is 9.74. The first kappa shape index (κ1) is 15.0. The van der Waals surface area contributed by atoms with Gasteiger partial charge in [-0.1, -0.05) is 67.1 Å². The fraction of sp³-hybridized carbons (Fsp3) is 0.455. The lowest BCUT2D eigenvalue weighted by molar-refractivity contribution is 0.00658. The highest BCUT2D eigenvalue weighted by molar-refractivity contribution is 5.22. The summed E-state index contributed by atoms with van der Waals surface area (Å²) < 4.78 is 0. The second-order valence-corrected chi connectivity index (χ2v) is 7.40. The normalized spacial score (nSPS) is 27.7. The van der Waals surface area contributed by atoms with Crippen LogP contribution in [0.5, 0.6) is 0 Å². The van der Waals surface area contributed by atoms with Crippen molar-refractivity contribution in [3.05, 3.63) is 71.8 Å². The molecule has 0 unspecified atom stereocenters. The average molecular weight is 305 g/mol. The molecule has 2 aliphatic rings. The molecule has 2 fully saturated rings. The van der Waals surface area contributed by atoms with Gasteiger partial charge >= 0.3 is 0 Å². The molecule has 0 aromatic heterocycles. The van der Waals surface area contributed by atoms with E-state index in [0.717, 1.165) is 12.5 Å². The molecule has 4 rings (SSSR count). The van der Waals surface area contributed by atoms with E-state index in [1.165, 1.54) is 56.2 Å². The van der Waals surface area contributed by atoms with Crippen molar-refractivity contribution in [2.45, 2.75) is 50.6 Å². The van der Waals surface area contributed by atoms with Crippen LogP contribution in [0.1, 0.15) is 43.2 Å². The van der Waals surface area contributed by atoms with Crippen molar-refractivity contribution in [2.75, 3.05) is 6.54 Å². The molecule has 1 heterocycles. The summed E-state index contributed by atoms with van der Waals surface area (Å²) in [6.07, 6.45) is 8.23. The molecular weight excluding hydrogens is 278 g/mol. The first-order valence-corrected chi connectivity index (χ1v) is 9.20.